The number of aromatic nitrogens is 1. The van der Waals surface area contributed by atoms with Gasteiger partial charge in [0.2, 0.25) is 5.91 Å². The van der Waals surface area contributed by atoms with Gasteiger partial charge in [-0.1, -0.05) is 0 Å². The van der Waals surface area contributed by atoms with Crippen molar-refractivity contribution in [2.24, 2.45) is 11.1 Å². The molecule has 6 nitrogen and oxygen atoms in total. The van der Waals surface area contributed by atoms with Crippen molar-refractivity contribution in [3.63, 3.8) is 0 Å². The van der Waals surface area contributed by atoms with Crippen LogP contribution >= 0.6 is 0 Å². The summed E-state index contributed by atoms with van der Waals surface area (Å²) in [4.78, 5) is 19.4. The molecule has 0 radical (unpaired) electrons. The van der Waals surface area contributed by atoms with Gasteiger partial charge in [0.1, 0.15) is 5.82 Å². The molecule has 1 aromatic heterocycles. The summed E-state index contributed by atoms with van der Waals surface area (Å²) >= 11 is 0. The Bertz CT molecular complexity index is 520. The van der Waals surface area contributed by atoms with E-state index in [1.54, 1.807) is 0 Å². The van der Waals surface area contributed by atoms with Crippen molar-refractivity contribution in [1.29, 1.82) is 0 Å². The van der Waals surface area contributed by atoms with Crippen LogP contribution in [0.2, 0.25) is 0 Å². The number of ether oxygens (including phenoxy) is 1. The predicted molar refractivity (Wildman–Crippen MR) is 90.5 cm³/mol. The molecule has 2 saturated heterocycles. The number of nitrogens with one attached hydrogen (secondary N) is 1. The van der Waals surface area contributed by atoms with Crippen molar-refractivity contribution >= 4 is 17.4 Å². The normalized spacial score (nSPS) is 21.0. The van der Waals surface area contributed by atoms with Crippen LogP contribution in [0.25, 0.3) is 0 Å². The quantitative estimate of drug-likeness (QED) is 0.884. The first-order valence-corrected chi connectivity index (χ1v) is 8.54. The van der Waals surface area contributed by atoms with Gasteiger partial charge >= 0.3 is 0 Å². The zero-order valence-corrected chi connectivity index (χ0v) is 13.6. The smallest absolute Gasteiger partial charge is 0.233 e. The number of rotatable bonds is 4. The van der Waals surface area contributed by atoms with Gasteiger partial charge in [-0.25, -0.2) is 4.98 Å². The van der Waals surface area contributed by atoms with Gasteiger partial charge in [0, 0.05) is 32.8 Å². The van der Waals surface area contributed by atoms with Crippen molar-refractivity contribution in [3.05, 3.63) is 18.3 Å². The maximum absolute atomic E-state index is 12.6. The number of carbonyl (C=O) groups is 1. The van der Waals surface area contributed by atoms with Crippen LogP contribution in [0.5, 0.6) is 0 Å². The minimum atomic E-state index is -0.522. The minimum absolute atomic E-state index is 0.0403. The van der Waals surface area contributed by atoms with E-state index in [1.807, 2.05) is 18.3 Å². The summed E-state index contributed by atoms with van der Waals surface area (Å²) in [5, 5.41) is 2.93. The Hall–Kier alpha value is -1.66. The van der Waals surface area contributed by atoms with Crippen molar-refractivity contribution in [3.8, 4) is 0 Å². The number of nitrogens with two attached hydrogens (primary N) is 1. The van der Waals surface area contributed by atoms with Gasteiger partial charge in [-0.2, -0.15) is 0 Å². The van der Waals surface area contributed by atoms with Gasteiger partial charge in [-0.3, -0.25) is 4.79 Å². The molecule has 0 unspecified atom stereocenters. The van der Waals surface area contributed by atoms with Crippen LogP contribution < -0.4 is 16.0 Å². The average molecular weight is 318 g/mol. The van der Waals surface area contributed by atoms with E-state index in [0.29, 0.717) is 38.4 Å². The summed E-state index contributed by atoms with van der Waals surface area (Å²) in [7, 11) is 0. The van der Waals surface area contributed by atoms with E-state index in [-0.39, 0.29) is 5.91 Å². The maximum atomic E-state index is 12.6. The number of piperidine rings is 1. The largest absolute Gasteiger partial charge is 0.381 e. The monoisotopic (exact) mass is 318 g/mol. The van der Waals surface area contributed by atoms with Gasteiger partial charge in [-0.05, 0) is 44.2 Å². The number of pyridine rings is 1. The fourth-order valence-electron chi connectivity index (χ4n) is 3.33. The van der Waals surface area contributed by atoms with Crippen LogP contribution in [0, 0.1) is 5.41 Å². The highest BCUT2D eigenvalue weighted by Gasteiger charge is 2.38. The number of hydrogen-bond donors (Lipinski definition) is 2. The Morgan fingerprint density at radius 2 is 2.00 bits per heavy atom. The number of amides is 1. The average Bonchev–Trinajstić information content (AvgIpc) is 2.63. The van der Waals surface area contributed by atoms with E-state index in [0.717, 1.165) is 18.8 Å². The lowest BCUT2D eigenvalue weighted by Crippen LogP contribution is -2.46. The molecule has 2 fully saturated rings. The van der Waals surface area contributed by atoms with Crippen molar-refractivity contribution < 1.29 is 9.53 Å². The van der Waals surface area contributed by atoms with Crippen LogP contribution in [0.4, 0.5) is 11.5 Å². The molecule has 0 aromatic carbocycles. The Balaban J connectivity index is 1.64. The SMILES string of the molecule is NCC1(C(=O)Nc2ccc(N3CCCCC3)cn2)CCOCC1. The highest BCUT2D eigenvalue weighted by Crippen LogP contribution is 2.31. The van der Waals surface area contributed by atoms with Crippen LogP contribution in [0.15, 0.2) is 18.3 Å². The Morgan fingerprint density at radius 1 is 1.26 bits per heavy atom. The molecule has 1 amide bonds. The van der Waals surface area contributed by atoms with Crippen molar-refractivity contribution in [1.82, 2.24) is 4.98 Å². The Morgan fingerprint density at radius 3 is 2.61 bits per heavy atom. The van der Waals surface area contributed by atoms with Crippen LogP contribution in [-0.2, 0) is 9.53 Å². The molecule has 23 heavy (non-hydrogen) atoms. The Labute approximate surface area is 137 Å². The minimum Gasteiger partial charge on any atom is -0.381 e. The van der Waals surface area contributed by atoms with Gasteiger partial charge in [-0.15, -0.1) is 0 Å². The molecule has 0 bridgehead atoms. The summed E-state index contributed by atoms with van der Waals surface area (Å²) in [5.41, 5.74) is 6.48. The first-order valence-electron chi connectivity index (χ1n) is 8.54. The first-order chi connectivity index (χ1) is 11.2. The van der Waals surface area contributed by atoms with Gasteiger partial charge < -0.3 is 20.7 Å². The highest BCUT2D eigenvalue weighted by molar-refractivity contribution is 5.94. The van der Waals surface area contributed by atoms with Gasteiger partial charge in [0.15, 0.2) is 0 Å². The number of nitrogens with zero attached hydrogens (tertiary/aromatic N) is 2. The van der Waals surface area contributed by atoms with E-state index in [9.17, 15) is 4.79 Å². The molecule has 0 aliphatic carbocycles. The molecule has 3 N–H and O–H groups in total. The molecule has 0 atom stereocenters. The topological polar surface area (TPSA) is 80.5 Å². The lowest BCUT2D eigenvalue weighted by molar-refractivity contribution is -0.130. The van der Waals surface area contributed by atoms with E-state index in [4.69, 9.17) is 10.5 Å². The van der Waals surface area contributed by atoms with E-state index < -0.39 is 5.41 Å². The second-order valence-electron chi connectivity index (χ2n) is 6.50. The fourth-order valence-corrected chi connectivity index (χ4v) is 3.33. The molecule has 3 heterocycles. The van der Waals surface area contributed by atoms with Gasteiger partial charge in [0.05, 0.1) is 17.3 Å². The van der Waals surface area contributed by atoms with Crippen molar-refractivity contribution in [2.45, 2.75) is 32.1 Å². The molecule has 0 spiro atoms. The zero-order chi connectivity index (χ0) is 16.1. The first kappa shape index (κ1) is 16.2. The van der Waals surface area contributed by atoms with E-state index in [2.05, 4.69) is 15.2 Å². The Kier molecular flexibility index (Phi) is 5.13. The summed E-state index contributed by atoms with van der Waals surface area (Å²) in [6, 6.07) is 3.92. The molecular formula is C17H26N4O2. The molecule has 2 aliphatic heterocycles. The molecule has 6 heteroatoms. The second-order valence-corrected chi connectivity index (χ2v) is 6.50. The number of anilines is 2. The molecule has 1 aromatic rings. The van der Waals surface area contributed by atoms with E-state index in [1.165, 1.54) is 19.3 Å². The maximum Gasteiger partial charge on any atom is 0.233 e. The summed E-state index contributed by atoms with van der Waals surface area (Å²) in [6.07, 6.45) is 6.96. The third kappa shape index (κ3) is 3.64. The van der Waals surface area contributed by atoms with Gasteiger partial charge in [0.25, 0.3) is 0 Å². The summed E-state index contributed by atoms with van der Waals surface area (Å²) in [5.74, 6) is 0.552. The summed E-state index contributed by atoms with van der Waals surface area (Å²) < 4.78 is 5.35. The standard InChI is InChI=1S/C17H26N4O2/c18-13-17(6-10-23-11-7-17)16(22)20-15-5-4-14(12-19-15)21-8-2-1-3-9-21/h4-5,12H,1-3,6-11,13,18H2,(H,19,20,22). The third-order valence-electron chi connectivity index (χ3n) is 5.03. The lowest BCUT2D eigenvalue weighted by Gasteiger charge is -2.34. The third-order valence-corrected chi connectivity index (χ3v) is 5.03. The lowest BCUT2D eigenvalue weighted by atomic mass is 9.79. The van der Waals surface area contributed by atoms with Crippen LogP contribution in [-0.4, -0.2) is 43.7 Å². The second kappa shape index (κ2) is 7.27. The summed E-state index contributed by atoms with van der Waals surface area (Å²) in [6.45, 7) is 3.69. The van der Waals surface area contributed by atoms with Crippen LogP contribution in [0.1, 0.15) is 32.1 Å². The zero-order valence-electron chi connectivity index (χ0n) is 13.6. The number of hydrogen-bond acceptors (Lipinski definition) is 5. The molecular weight excluding hydrogens is 292 g/mol. The van der Waals surface area contributed by atoms with E-state index >= 15 is 0 Å². The highest BCUT2D eigenvalue weighted by atomic mass is 16.5. The molecule has 3 rings (SSSR count). The molecule has 0 saturated carbocycles. The fraction of sp³-hybridized carbons (Fsp3) is 0.647. The molecule has 2 aliphatic rings. The predicted octanol–water partition coefficient (Wildman–Crippen LogP) is 1.77. The number of carbonyl (C=O) groups excluding carboxylic acids is 1. The van der Waals surface area contributed by atoms with Crippen LogP contribution in [0.3, 0.4) is 0 Å². The molecule has 126 valence electrons. The van der Waals surface area contributed by atoms with Crippen molar-refractivity contribution in [2.75, 3.05) is 43.1 Å².